The first-order valence-corrected chi connectivity index (χ1v) is 8.97. The van der Waals surface area contributed by atoms with E-state index in [1.165, 1.54) is 5.56 Å². The van der Waals surface area contributed by atoms with E-state index in [2.05, 4.69) is 39.0 Å². The third-order valence-corrected chi connectivity index (χ3v) is 5.22. The van der Waals surface area contributed by atoms with Crippen molar-refractivity contribution in [2.45, 2.75) is 77.6 Å². The van der Waals surface area contributed by atoms with E-state index in [1.807, 2.05) is 20.8 Å². The molecule has 0 bridgehead atoms. The molecular formula is C20H32O3. The normalized spacial score (nSPS) is 27.8. The van der Waals surface area contributed by atoms with E-state index in [0.29, 0.717) is 13.2 Å². The van der Waals surface area contributed by atoms with Crippen LogP contribution < -0.4 is 0 Å². The molecule has 130 valence electrons. The molecule has 1 aromatic carbocycles. The Morgan fingerprint density at radius 3 is 2.17 bits per heavy atom. The van der Waals surface area contributed by atoms with Gasteiger partial charge in [-0.3, -0.25) is 0 Å². The molecule has 3 nitrogen and oxygen atoms in total. The van der Waals surface area contributed by atoms with Gasteiger partial charge in [-0.05, 0) is 42.4 Å². The van der Waals surface area contributed by atoms with Crippen molar-refractivity contribution in [1.29, 1.82) is 0 Å². The molecule has 2 aliphatic rings. The van der Waals surface area contributed by atoms with Crippen LogP contribution >= 0.6 is 0 Å². The minimum Gasteiger partial charge on any atom is -0.385 e. The van der Waals surface area contributed by atoms with E-state index in [4.69, 9.17) is 9.47 Å². The SMILES string of the molecule is CC.CCC1(c2ccc3c(c2)C(C)(C)CCC3(C)O)OCCO1. The summed E-state index contributed by atoms with van der Waals surface area (Å²) >= 11 is 0. The predicted octanol–water partition coefficient (Wildman–Crippen LogP) is 4.60. The fourth-order valence-electron chi connectivity index (χ4n) is 3.67. The Labute approximate surface area is 141 Å². The van der Waals surface area contributed by atoms with Crippen molar-refractivity contribution in [2.24, 2.45) is 0 Å². The van der Waals surface area contributed by atoms with Gasteiger partial charge in [0.2, 0.25) is 0 Å². The number of aliphatic hydroxyl groups is 1. The lowest BCUT2D eigenvalue weighted by Gasteiger charge is -2.41. The Morgan fingerprint density at radius 1 is 1.00 bits per heavy atom. The summed E-state index contributed by atoms with van der Waals surface area (Å²) < 4.78 is 11.8. The highest BCUT2D eigenvalue weighted by atomic mass is 16.7. The number of benzene rings is 1. The number of hydrogen-bond acceptors (Lipinski definition) is 3. The fourth-order valence-corrected chi connectivity index (χ4v) is 3.67. The van der Waals surface area contributed by atoms with Crippen molar-refractivity contribution in [3.05, 3.63) is 34.9 Å². The molecule has 0 spiro atoms. The zero-order chi connectivity index (χ0) is 17.3. The van der Waals surface area contributed by atoms with Gasteiger partial charge in [-0.1, -0.05) is 46.8 Å². The second kappa shape index (κ2) is 6.54. The first kappa shape index (κ1) is 18.4. The van der Waals surface area contributed by atoms with Crippen molar-refractivity contribution in [3.8, 4) is 0 Å². The monoisotopic (exact) mass is 320 g/mol. The van der Waals surface area contributed by atoms with Gasteiger partial charge in [-0.2, -0.15) is 0 Å². The molecule has 1 aliphatic heterocycles. The van der Waals surface area contributed by atoms with Crippen molar-refractivity contribution < 1.29 is 14.6 Å². The third-order valence-electron chi connectivity index (χ3n) is 5.22. The first-order valence-electron chi connectivity index (χ1n) is 8.97. The van der Waals surface area contributed by atoms with Crippen LogP contribution in [0.5, 0.6) is 0 Å². The van der Waals surface area contributed by atoms with Gasteiger partial charge in [0.25, 0.3) is 0 Å². The molecule has 1 N–H and O–H groups in total. The van der Waals surface area contributed by atoms with Gasteiger partial charge in [-0.15, -0.1) is 0 Å². The lowest BCUT2D eigenvalue weighted by atomic mass is 9.67. The van der Waals surface area contributed by atoms with Crippen LogP contribution in [0.3, 0.4) is 0 Å². The molecule has 0 aromatic heterocycles. The Hall–Kier alpha value is -0.900. The van der Waals surface area contributed by atoms with Crippen molar-refractivity contribution in [1.82, 2.24) is 0 Å². The maximum atomic E-state index is 10.7. The first-order chi connectivity index (χ1) is 10.8. The number of fused-ring (bicyclic) bond motifs is 1. The maximum absolute atomic E-state index is 10.7. The zero-order valence-corrected chi connectivity index (χ0v) is 15.5. The Morgan fingerprint density at radius 2 is 1.61 bits per heavy atom. The fraction of sp³-hybridized carbons (Fsp3) is 0.700. The molecule has 0 radical (unpaired) electrons. The maximum Gasteiger partial charge on any atom is 0.194 e. The predicted molar refractivity (Wildman–Crippen MR) is 93.5 cm³/mol. The van der Waals surface area contributed by atoms with Crippen LogP contribution in [0.25, 0.3) is 0 Å². The largest absolute Gasteiger partial charge is 0.385 e. The molecule has 1 heterocycles. The van der Waals surface area contributed by atoms with Crippen LogP contribution in [0.15, 0.2) is 18.2 Å². The molecule has 0 amide bonds. The van der Waals surface area contributed by atoms with E-state index in [9.17, 15) is 5.11 Å². The summed E-state index contributed by atoms with van der Waals surface area (Å²) in [4.78, 5) is 0. The molecule has 1 saturated heterocycles. The Kier molecular flexibility index (Phi) is 5.24. The van der Waals surface area contributed by atoms with Crippen LogP contribution in [0, 0.1) is 0 Å². The number of hydrogen-bond donors (Lipinski definition) is 1. The van der Waals surface area contributed by atoms with E-state index in [0.717, 1.165) is 30.4 Å². The van der Waals surface area contributed by atoms with Crippen LogP contribution in [0.2, 0.25) is 0 Å². The Balaban J connectivity index is 0.000000924. The highest BCUT2D eigenvalue weighted by molar-refractivity contribution is 5.43. The van der Waals surface area contributed by atoms with Crippen LogP contribution in [0.1, 0.15) is 77.5 Å². The summed E-state index contributed by atoms with van der Waals surface area (Å²) in [5.74, 6) is -0.603. The smallest absolute Gasteiger partial charge is 0.194 e. The summed E-state index contributed by atoms with van der Waals surface area (Å²) in [5, 5.41) is 10.7. The summed E-state index contributed by atoms with van der Waals surface area (Å²) in [6.07, 6.45) is 2.58. The van der Waals surface area contributed by atoms with Gasteiger partial charge in [0.15, 0.2) is 5.79 Å². The average molecular weight is 320 g/mol. The second-order valence-corrected chi connectivity index (χ2v) is 7.22. The molecule has 0 saturated carbocycles. The standard InChI is InChI=1S/C18H26O3.C2H6/c1-5-18(20-10-11-21-18)13-6-7-14-15(12-13)16(2,3)8-9-17(14,4)19;1-2/h6-7,12,19H,5,8-11H2,1-4H3;1-2H3. The Bertz CT molecular complexity index is 540. The third kappa shape index (κ3) is 3.19. The molecule has 1 fully saturated rings. The highest BCUT2D eigenvalue weighted by Gasteiger charge is 2.42. The van der Waals surface area contributed by atoms with Crippen molar-refractivity contribution >= 4 is 0 Å². The summed E-state index contributed by atoms with van der Waals surface area (Å²) in [7, 11) is 0. The molecular weight excluding hydrogens is 288 g/mol. The topological polar surface area (TPSA) is 38.7 Å². The van der Waals surface area contributed by atoms with Gasteiger partial charge in [0, 0.05) is 12.0 Å². The van der Waals surface area contributed by atoms with Crippen LogP contribution in [0.4, 0.5) is 0 Å². The molecule has 1 aliphatic carbocycles. The van der Waals surface area contributed by atoms with Gasteiger partial charge in [-0.25, -0.2) is 0 Å². The summed E-state index contributed by atoms with van der Waals surface area (Å²) in [6.45, 7) is 13.8. The van der Waals surface area contributed by atoms with Crippen LogP contribution in [-0.4, -0.2) is 18.3 Å². The van der Waals surface area contributed by atoms with E-state index in [1.54, 1.807) is 0 Å². The lowest BCUT2D eigenvalue weighted by molar-refractivity contribution is -0.167. The summed E-state index contributed by atoms with van der Waals surface area (Å²) in [6, 6.07) is 6.31. The summed E-state index contributed by atoms with van der Waals surface area (Å²) in [5.41, 5.74) is 2.68. The van der Waals surface area contributed by atoms with E-state index in [-0.39, 0.29) is 5.41 Å². The quantitative estimate of drug-likeness (QED) is 0.865. The van der Waals surface area contributed by atoms with Crippen molar-refractivity contribution in [2.75, 3.05) is 13.2 Å². The molecule has 3 rings (SSSR count). The van der Waals surface area contributed by atoms with E-state index < -0.39 is 11.4 Å². The zero-order valence-electron chi connectivity index (χ0n) is 15.5. The molecule has 23 heavy (non-hydrogen) atoms. The van der Waals surface area contributed by atoms with Gasteiger partial charge in [0.05, 0.1) is 18.8 Å². The van der Waals surface area contributed by atoms with Gasteiger partial charge in [0.1, 0.15) is 0 Å². The minimum atomic E-state index is -0.736. The average Bonchev–Trinajstić information content (AvgIpc) is 3.04. The number of rotatable bonds is 2. The lowest BCUT2D eigenvalue weighted by Crippen LogP contribution is -2.36. The number of ether oxygens (including phenoxy) is 2. The molecule has 1 aromatic rings. The van der Waals surface area contributed by atoms with Gasteiger partial charge < -0.3 is 14.6 Å². The molecule has 1 unspecified atom stereocenters. The molecule has 3 heteroatoms. The van der Waals surface area contributed by atoms with Gasteiger partial charge >= 0.3 is 0 Å². The molecule has 1 atom stereocenters. The second-order valence-electron chi connectivity index (χ2n) is 7.22. The van der Waals surface area contributed by atoms with Crippen molar-refractivity contribution in [3.63, 3.8) is 0 Å². The van der Waals surface area contributed by atoms with Crippen LogP contribution in [-0.2, 0) is 26.3 Å². The van der Waals surface area contributed by atoms with E-state index >= 15 is 0 Å². The highest BCUT2D eigenvalue weighted by Crippen LogP contribution is 2.46. The minimum absolute atomic E-state index is 0.0706.